The Morgan fingerprint density at radius 1 is 0.950 bits per heavy atom. The van der Waals surface area contributed by atoms with Gasteiger partial charge in [-0.25, -0.2) is 0 Å². The topological polar surface area (TPSA) is 34.1 Å². The Bertz CT molecular complexity index is 499. The van der Waals surface area contributed by atoms with Crippen molar-refractivity contribution in [3.05, 3.63) is 65.5 Å². The molecule has 1 N–H and O–H groups in total. The molecular weight excluding hydrogens is 248 g/mol. The first-order valence-corrected chi connectivity index (χ1v) is 7.15. The van der Waals surface area contributed by atoms with E-state index < -0.39 is 0 Å². The first kappa shape index (κ1) is 14.7. The van der Waals surface area contributed by atoms with Gasteiger partial charge in [0.2, 0.25) is 0 Å². The lowest BCUT2D eigenvalue weighted by molar-refractivity contribution is 0.104. The zero-order valence-electron chi connectivity index (χ0n) is 12.0. The molecule has 0 saturated carbocycles. The lowest BCUT2D eigenvalue weighted by atomic mass is 10.2. The predicted octanol–water partition coefficient (Wildman–Crippen LogP) is 3.30. The summed E-state index contributed by atoms with van der Waals surface area (Å²) in [6, 6.07) is 16.3. The maximum atomic E-state index is 5.70. The smallest absolute Gasteiger partial charge is 0.0892 e. The number of benzene rings is 1. The van der Waals surface area contributed by atoms with Gasteiger partial charge in [0.25, 0.3) is 0 Å². The van der Waals surface area contributed by atoms with Crippen LogP contribution in [0.4, 0.5) is 0 Å². The fourth-order valence-electron chi connectivity index (χ4n) is 1.95. The molecule has 20 heavy (non-hydrogen) atoms. The van der Waals surface area contributed by atoms with Crippen molar-refractivity contribution in [2.24, 2.45) is 0 Å². The molecule has 0 aliphatic rings. The van der Waals surface area contributed by atoms with Crippen LogP contribution in [0.3, 0.4) is 0 Å². The Morgan fingerprint density at radius 3 is 2.55 bits per heavy atom. The van der Waals surface area contributed by atoms with Crippen LogP contribution >= 0.6 is 0 Å². The van der Waals surface area contributed by atoms with Crippen LogP contribution in [-0.4, -0.2) is 11.5 Å². The number of aromatic nitrogens is 1. The van der Waals surface area contributed by atoms with Gasteiger partial charge < -0.3 is 10.1 Å². The standard InChI is InChI=1S/C17H22N2O/c1-2-11-18-12-16-9-6-10-17(19-16)14-20-13-15-7-4-3-5-8-15/h3-10,18H,2,11-14H2,1H3. The van der Waals surface area contributed by atoms with Gasteiger partial charge in [-0.1, -0.05) is 43.3 Å². The van der Waals surface area contributed by atoms with E-state index in [0.717, 1.165) is 30.9 Å². The number of hydrogen-bond donors (Lipinski definition) is 1. The molecular formula is C17H22N2O. The van der Waals surface area contributed by atoms with Crippen molar-refractivity contribution in [1.29, 1.82) is 0 Å². The molecule has 106 valence electrons. The van der Waals surface area contributed by atoms with Gasteiger partial charge in [0.1, 0.15) is 0 Å². The van der Waals surface area contributed by atoms with Gasteiger partial charge >= 0.3 is 0 Å². The van der Waals surface area contributed by atoms with Crippen molar-refractivity contribution in [2.45, 2.75) is 33.1 Å². The average Bonchev–Trinajstić information content (AvgIpc) is 2.49. The van der Waals surface area contributed by atoms with Gasteiger partial charge in [-0.2, -0.15) is 0 Å². The van der Waals surface area contributed by atoms with Crippen molar-refractivity contribution in [3.8, 4) is 0 Å². The van der Waals surface area contributed by atoms with E-state index >= 15 is 0 Å². The molecule has 0 fully saturated rings. The number of nitrogens with one attached hydrogen (secondary N) is 1. The Hall–Kier alpha value is -1.71. The summed E-state index contributed by atoms with van der Waals surface area (Å²) in [6.45, 7) is 5.18. The molecule has 0 spiro atoms. The van der Waals surface area contributed by atoms with Crippen LogP contribution in [-0.2, 0) is 24.5 Å². The van der Waals surface area contributed by atoms with Crippen molar-refractivity contribution in [2.75, 3.05) is 6.54 Å². The lowest BCUT2D eigenvalue weighted by Crippen LogP contribution is -2.15. The van der Waals surface area contributed by atoms with Gasteiger partial charge in [-0.05, 0) is 30.7 Å². The van der Waals surface area contributed by atoms with Crippen molar-refractivity contribution >= 4 is 0 Å². The van der Waals surface area contributed by atoms with Crippen LogP contribution in [0.5, 0.6) is 0 Å². The minimum Gasteiger partial charge on any atom is -0.370 e. The molecule has 0 bridgehead atoms. The van der Waals surface area contributed by atoms with Crippen LogP contribution in [0.1, 0.15) is 30.3 Å². The largest absolute Gasteiger partial charge is 0.370 e. The van der Waals surface area contributed by atoms with Crippen LogP contribution in [0, 0.1) is 0 Å². The summed E-state index contributed by atoms with van der Waals surface area (Å²) in [5, 5.41) is 3.36. The molecule has 0 atom stereocenters. The van der Waals surface area contributed by atoms with Crippen LogP contribution in [0.25, 0.3) is 0 Å². The fraction of sp³-hybridized carbons (Fsp3) is 0.353. The van der Waals surface area contributed by atoms with Crippen LogP contribution < -0.4 is 5.32 Å². The molecule has 0 unspecified atom stereocenters. The highest BCUT2D eigenvalue weighted by molar-refractivity contribution is 5.14. The number of nitrogens with zero attached hydrogens (tertiary/aromatic N) is 1. The summed E-state index contributed by atoms with van der Waals surface area (Å²) in [4.78, 5) is 4.59. The quantitative estimate of drug-likeness (QED) is 0.747. The van der Waals surface area contributed by atoms with E-state index in [1.165, 1.54) is 5.56 Å². The van der Waals surface area contributed by atoms with Crippen LogP contribution in [0.2, 0.25) is 0 Å². The average molecular weight is 270 g/mol. The minimum atomic E-state index is 0.552. The minimum absolute atomic E-state index is 0.552. The van der Waals surface area contributed by atoms with Gasteiger partial charge in [-0.15, -0.1) is 0 Å². The van der Waals surface area contributed by atoms with E-state index in [0.29, 0.717) is 13.2 Å². The third kappa shape index (κ3) is 5.11. The van der Waals surface area contributed by atoms with Gasteiger partial charge in [0.15, 0.2) is 0 Å². The summed E-state index contributed by atoms with van der Waals surface area (Å²) >= 11 is 0. The normalized spacial score (nSPS) is 10.7. The second kappa shape index (κ2) is 8.46. The Morgan fingerprint density at radius 2 is 1.75 bits per heavy atom. The Labute approximate surface area is 121 Å². The third-order valence-corrected chi connectivity index (χ3v) is 2.96. The number of pyridine rings is 1. The SMILES string of the molecule is CCCNCc1cccc(COCc2ccccc2)n1. The molecule has 2 rings (SSSR count). The van der Waals surface area contributed by atoms with E-state index in [-0.39, 0.29) is 0 Å². The van der Waals surface area contributed by atoms with Crippen LogP contribution in [0.15, 0.2) is 48.5 Å². The highest BCUT2D eigenvalue weighted by Gasteiger charge is 1.99. The fourth-order valence-corrected chi connectivity index (χ4v) is 1.95. The molecule has 1 aromatic heterocycles. The van der Waals surface area contributed by atoms with E-state index in [9.17, 15) is 0 Å². The molecule has 0 radical (unpaired) electrons. The predicted molar refractivity (Wildman–Crippen MR) is 81.2 cm³/mol. The second-order valence-electron chi connectivity index (χ2n) is 4.78. The first-order valence-electron chi connectivity index (χ1n) is 7.15. The monoisotopic (exact) mass is 270 g/mol. The molecule has 0 saturated heterocycles. The molecule has 1 aromatic carbocycles. The third-order valence-electron chi connectivity index (χ3n) is 2.96. The summed E-state index contributed by atoms with van der Waals surface area (Å²) in [7, 11) is 0. The summed E-state index contributed by atoms with van der Waals surface area (Å²) in [5.74, 6) is 0. The number of rotatable bonds is 8. The number of ether oxygens (including phenoxy) is 1. The number of hydrogen-bond acceptors (Lipinski definition) is 3. The summed E-state index contributed by atoms with van der Waals surface area (Å²) < 4.78 is 5.70. The highest BCUT2D eigenvalue weighted by atomic mass is 16.5. The van der Waals surface area contributed by atoms with Crippen molar-refractivity contribution in [3.63, 3.8) is 0 Å². The van der Waals surface area contributed by atoms with Crippen molar-refractivity contribution < 1.29 is 4.74 Å². The van der Waals surface area contributed by atoms with Crippen molar-refractivity contribution in [1.82, 2.24) is 10.3 Å². The molecule has 1 heterocycles. The van der Waals surface area contributed by atoms with E-state index in [1.807, 2.05) is 36.4 Å². The molecule has 0 aliphatic carbocycles. The maximum absolute atomic E-state index is 5.70. The molecule has 3 heteroatoms. The van der Waals surface area contributed by atoms with Gasteiger partial charge in [0, 0.05) is 6.54 Å². The molecule has 2 aromatic rings. The molecule has 0 amide bonds. The van der Waals surface area contributed by atoms with E-state index in [4.69, 9.17) is 4.74 Å². The zero-order chi connectivity index (χ0) is 14.0. The summed E-state index contributed by atoms with van der Waals surface area (Å²) in [6.07, 6.45) is 1.14. The van der Waals surface area contributed by atoms with Gasteiger partial charge in [-0.3, -0.25) is 4.98 Å². The Kier molecular flexibility index (Phi) is 6.21. The molecule has 3 nitrogen and oxygen atoms in total. The highest BCUT2D eigenvalue weighted by Crippen LogP contribution is 2.05. The summed E-state index contributed by atoms with van der Waals surface area (Å²) in [5.41, 5.74) is 3.24. The van der Waals surface area contributed by atoms with E-state index in [2.05, 4.69) is 29.4 Å². The first-order chi connectivity index (χ1) is 9.88. The second-order valence-corrected chi connectivity index (χ2v) is 4.78. The Balaban J connectivity index is 1.79. The maximum Gasteiger partial charge on any atom is 0.0892 e. The lowest BCUT2D eigenvalue weighted by Gasteiger charge is -2.07. The molecule has 0 aliphatic heterocycles. The van der Waals surface area contributed by atoms with E-state index in [1.54, 1.807) is 0 Å². The zero-order valence-corrected chi connectivity index (χ0v) is 12.0. The van der Waals surface area contributed by atoms with Gasteiger partial charge in [0.05, 0.1) is 24.6 Å².